The van der Waals surface area contributed by atoms with Gasteiger partial charge in [-0.05, 0) is 12.8 Å². The highest BCUT2D eigenvalue weighted by Crippen LogP contribution is 2.14. The van der Waals surface area contributed by atoms with E-state index in [1.807, 2.05) is 0 Å². The molecule has 0 bridgehead atoms. The Bertz CT molecular complexity index is 186. The van der Waals surface area contributed by atoms with Gasteiger partial charge in [0.25, 0.3) is 0 Å². The molecule has 7 heteroatoms. The van der Waals surface area contributed by atoms with Gasteiger partial charge in [0.05, 0.1) is 0 Å². The first-order valence-corrected chi connectivity index (χ1v) is 5.96. The topological polar surface area (TPSA) is 29.1 Å². The van der Waals surface area contributed by atoms with Crippen LogP contribution in [-0.2, 0) is 4.79 Å². The predicted molar refractivity (Wildman–Crippen MR) is 54.8 cm³/mol. The van der Waals surface area contributed by atoms with E-state index in [0.29, 0.717) is 12.8 Å². The van der Waals surface area contributed by atoms with Crippen LogP contribution in [0.3, 0.4) is 0 Å². The van der Waals surface area contributed by atoms with Crippen LogP contribution in [0.2, 0.25) is 0 Å². The van der Waals surface area contributed by atoms with E-state index in [1.54, 1.807) is 5.32 Å². The van der Waals surface area contributed by atoms with Crippen molar-refractivity contribution in [1.82, 2.24) is 5.32 Å². The number of amides is 1. The zero-order valence-corrected chi connectivity index (χ0v) is 10.4. The van der Waals surface area contributed by atoms with Gasteiger partial charge in [-0.2, -0.15) is 13.2 Å². The minimum atomic E-state index is -4.77. The highest BCUT2D eigenvalue weighted by molar-refractivity contribution is 9.12. The standard InChI is InChI=1S/C7H10Br2F3NO/c8-4-5(9)2-1-3-13-6(14)7(10,11)12/h5H,1-4H2,(H,13,14). The largest absolute Gasteiger partial charge is 0.471 e. The van der Waals surface area contributed by atoms with Crippen LogP contribution in [0.15, 0.2) is 0 Å². The summed E-state index contributed by atoms with van der Waals surface area (Å²) >= 11 is 6.52. The maximum Gasteiger partial charge on any atom is 0.471 e. The van der Waals surface area contributed by atoms with Crippen molar-refractivity contribution in [1.29, 1.82) is 0 Å². The molecule has 0 aliphatic rings. The van der Waals surface area contributed by atoms with Crippen molar-refractivity contribution in [2.45, 2.75) is 23.8 Å². The summed E-state index contributed by atoms with van der Waals surface area (Å²) < 4.78 is 35.0. The molecular formula is C7H10Br2F3NO. The summed E-state index contributed by atoms with van der Waals surface area (Å²) in [5.74, 6) is -1.87. The van der Waals surface area contributed by atoms with Gasteiger partial charge < -0.3 is 5.32 Å². The molecule has 0 saturated heterocycles. The molecular weight excluding hydrogens is 331 g/mol. The Morgan fingerprint density at radius 2 is 2.00 bits per heavy atom. The molecule has 0 fully saturated rings. The number of hydrogen-bond acceptors (Lipinski definition) is 1. The molecule has 0 aromatic carbocycles. The van der Waals surface area contributed by atoms with Crippen LogP contribution in [-0.4, -0.2) is 28.8 Å². The number of halogens is 5. The molecule has 0 radical (unpaired) electrons. The predicted octanol–water partition coefficient (Wildman–Crippen LogP) is 2.60. The molecule has 1 amide bonds. The van der Waals surface area contributed by atoms with Gasteiger partial charge >= 0.3 is 12.1 Å². The average molecular weight is 341 g/mol. The molecule has 0 aliphatic heterocycles. The van der Waals surface area contributed by atoms with E-state index in [4.69, 9.17) is 0 Å². The van der Waals surface area contributed by atoms with Crippen LogP contribution in [0.1, 0.15) is 12.8 Å². The number of hydrogen-bond donors (Lipinski definition) is 1. The fourth-order valence-electron chi connectivity index (χ4n) is 0.703. The summed E-state index contributed by atoms with van der Waals surface area (Å²) in [6, 6.07) is 0. The van der Waals surface area contributed by atoms with E-state index >= 15 is 0 Å². The second-order valence-electron chi connectivity index (χ2n) is 2.65. The molecule has 0 heterocycles. The second-order valence-corrected chi connectivity index (χ2v) is 4.59. The number of carbonyl (C=O) groups excluding carboxylic acids is 1. The average Bonchev–Trinajstić information content (AvgIpc) is 2.09. The number of alkyl halides is 5. The fraction of sp³-hybridized carbons (Fsp3) is 0.857. The van der Waals surface area contributed by atoms with Crippen LogP contribution in [0.25, 0.3) is 0 Å². The number of carbonyl (C=O) groups is 1. The number of nitrogens with one attached hydrogen (secondary N) is 1. The lowest BCUT2D eigenvalue weighted by Crippen LogP contribution is -2.37. The first-order valence-electron chi connectivity index (χ1n) is 3.93. The Labute approximate surface area is 96.9 Å². The summed E-state index contributed by atoms with van der Waals surface area (Å²) in [7, 11) is 0. The molecule has 0 aromatic rings. The van der Waals surface area contributed by atoms with Crippen molar-refractivity contribution in [2.24, 2.45) is 0 Å². The second kappa shape index (κ2) is 6.66. The Hall–Kier alpha value is 0.220. The van der Waals surface area contributed by atoms with E-state index in [0.717, 1.165) is 5.33 Å². The van der Waals surface area contributed by atoms with Gasteiger partial charge in [0.2, 0.25) is 0 Å². The lowest BCUT2D eigenvalue weighted by molar-refractivity contribution is -0.173. The third-order valence-corrected chi connectivity index (χ3v) is 3.84. The fourth-order valence-corrected chi connectivity index (χ4v) is 1.35. The van der Waals surface area contributed by atoms with Crippen LogP contribution < -0.4 is 5.32 Å². The van der Waals surface area contributed by atoms with Crippen molar-refractivity contribution in [3.05, 3.63) is 0 Å². The Kier molecular flexibility index (Phi) is 6.76. The highest BCUT2D eigenvalue weighted by atomic mass is 79.9. The van der Waals surface area contributed by atoms with Crippen LogP contribution in [0, 0.1) is 0 Å². The number of rotatable bonds is 5. The first-order chi connectivity index (χ1) is 6.38. The summed E-state index contributed by atoms with van der Waals surface area (Å²) in [6.45, 7) is 0.0491. The van der Waals surface area contributed by atoms with Gasteiger partial charge in [-0.25, -0.2) is 0 Å². The van der Waals surface area contributed by atoms with E-state index in [-0.39, 0.29) is 11.4 Å². The third kappa shape index (κ3) is 6.64. The van der Waals surface area contributed by atoms with Crippen molar-refractivity contribution >= 4 is 37.8 Å². The maximum atomic E-state index is 11.7. The van der Waals surface area contributed by atoms with E-state index in [2.05, 4.69) is 31.9 Å². The highest BCUT2D eigenvalue weighted by Gasteiger charge is 2.38. The van der Waals surface area contributed by atoms with Gasteiger partial charge in [-0.1, -0.05) is 31.9 Å². The minimum absolute atomic E-state index is 0.0491. The summed E-state index contributed by atoms with van der Waals surface area (Å²) in [4.78, 5) is 10.5. The van der Waals surface area contributed by atoms with Gasteiger partial charge in [-0.3, -0.25) is 4.79 Å². The quantitative estimate of drug-likeness (QED) is 0.605. The smallest absolute Gasteiger partial charge is 0.348 e. The summed E-state index contributed by atoms with van der Waals surface area (Å²) in [5, 5.41) is 2.54. The van der Waals surface area contributed by atoms with Gasteiger partial charge in [0.15, 0.2) is 0 Å². The van der Waals surface area contributed by atoms with E-state index in [9.17, 15) is 18.0 Å². The van der Waals surface area contributed by atoms with Crippen LogP contribution in [0.5, 0.6) is 0 Å². The van der Waals surface area contributed by atoms with Crippen LogP contribution in [0.4, 0.5) is 13.2 Å². The molecule has 84 valence electrons. The van der Waals surface area contributed by atoms with Crippen LogP contribution >= 0.6 is 31.9 Å². The molecule has 2 nitrogen and oxygen atoms in total. The SMILES string of the molecule is O=C(NCCCC(Br)CBr)C(F)(F)F. The van der Waals surface area contributed by atoms with E-state index < -0.39 is 12.1 Å². The van der Waals surface area contributed by atoms with Crippen molar-refractivity contribution < 1.29 is 18.0 Å². The molecule has 0 aliphatic carbocycles. The minimum Gasteiger partial charge on any atom is -0.348 e. The zero-order valence-electron chi connectivity index (χ0n) is 7.20. The van der Waals surface area contributed by atoms with Gasteiger partial charge in [0.1, 0.15) is 0 Å². The first kappa shape index (κ1) is 14.2. The molecule has 0 spiro atoms. The normalized spacial score (nSPS) is 13.8. The zero-order chi connectivity index (χ0) is 11.2. The molecule has 1 unspecified atom stereocenters. The molecule has 14 heavy (non-hydrogen) atoms. The summed E-state index contributed by atoms with van der Waals surface area (Å²) in [5.41, 5.74) is 0. The van der Waals surface area contributed by atoms with Gasteiger partial charge in [-0.15, -0.1) is 0 Å². The Morgan fingerprint density at radius 1 is 1.43 bits per heavy atom. The van der Waals surface area contributed by atoms with Gasteiger partial charge in [0, 0.05) is 16.7 Å². The lowest BCUT2D eigenvalue weighted by Gasteiger charge is -2.08. The monoisotopic (exact) mass is 339 g/mol. The summed E-state index contributed by atoms with van der Waals surface area (Å²) in [6.07, 6.45) is -3.55. The molecule has 0 rings (SSSR count). The van der Waals surface area contributed by atoms with Crippen molar-refractivity contribution in [3.8, 4) is 0 Å². The Balaban J connectivity index is 3.51. The Morgan fingerprint density at radius 3 is 2.43 bits per heavy atom. The van der Waals surface area contributed by atoms with Crippen molar-refractivity contribution in [3.63, 3.8) is 0 Å². The molecule has 0 aromatic heterocycles. The van der Waals surface area contributed by atoms with E-state index in [1.165, 1.54) is 0 Å². The molecule has 1 atom stereocenters. The molecule has 0 saturated carbocycles. The molecule has 1 N–H and O–H groups in total. The maximum absolute atomic E-state index is 11.7. The lowest BCUT2D eigenvalue weighted by atomic mass is 10.2. The third-order valence-electron chi connectivity index (χ3n) is 1.40. The van der Waals surface area contributed by atoms with Crippen molar-refractivity contribution in [2.75, 3.05) is 11.9 Å².